The van der Waals surface area contributed by atoms with Gasteiger partial charge in [0, 0.05) is 0 Å². The molecule has 1 atom stereocenters. The predicted molar refractivity (Wildman–Crippen MR) is 131 cm³/mol. The Hall–Kier alpha value is -0.260. The Balaban J connectivity index is 1.51. The summed E-state index contributed by atoms with van der Waals surface area (Å²) in [5.74, 6) is 4.94. The number of hydrogen-bond donors (Lipinski definition) is 0. The second kappa shape index (κ2) is 14.7. The summed E-state index contributed by atoms with van der Waals surface area (Å²) in [4.78, 5) is 0. The predicted octanol–water partition coefficient (Wildman–Crippen LogP) is 10.1. The molecule has 1 unspecified atom stereocenters. The third-order valence-electron chi connectivity index (χ3n) is 8.25. The molecule has 0 N–H and O–H groups in total. The summed E-state index contributed by atoms with van der Waals surface area (Å²) in [7, 11) is 0. The summed E-state index contributed by atoms with van der Waals surface area (Å²) in [6.45, 7) is 11.4. The van der Waals surface area contributed by atoms with Crippen LogP contribution in [-0.2, 0) is 0 Å². The van der Waals surface area contributed by atoms with Crippen molar-refractivity contribution in [1.82, 2.24) is 0 Å². The molecule has 0 radical (unpaired) electrons. The fourth-order valence-electron chi connectivity index (χ4n) is 6.38. The van der Waals surface area contributed by atoms with Gasteiger partial charge in [-0.15, -0.1) is 0 Å². The molecule has 0 aliphatic heterocycles. The summed E-state index contributed by atoms with van der Waals surface area (Å²) in [6, 6.07) is 0. The summed E-state index contributed by atoms with van der Waals surface area (Å²) in [5, 5.41) is 0. The van der Waals surface area contributed by atoms with Crippen molar-refractivity contribution in [1.29, 1.82) is 0 Å². The van der Waals surface area contributed by atoms with E-state index in [2.05, 4.69) is 27.4 Å². The topological polar surface area (TPSA) is 0 Å². The van der Waals surface area contributed by atoms with Crippen LogP contribution in [0.3, 0.4) is 0 Å². The molecule has 0 aromatic carbocycles. The molecule has 2 fully saturated rings. The maximum Gasteiger partial charge on any atom is -0.0300 e. The average molecular weight is 403 g/mol. The van der Waals surface area contributed by atoms with E-state index in [4.69, 9.17) is 0 Å². The molecule has 170 valence electrons. The fourth-order valence-corrected chi connectivity index (χ4v) is 6.38. The maximum absolute atomic E-state index is 4.29. The second-order valence-corrected chi connectivity index (χ2v) is 11.4. The standard InChI is InChI=1S/C29H54/c1-5-26(13-9-10-16-27-14-7-6-8-15-27)23-29-20-18-28(19-21-29)17-11-12-25(4)22-24(2)3/h24,26-29H,4-23H2,1-3H3. The van der Waals surface area contributed by atoms with Crippen molar-refractivity contribution in [2.24, 2.45) is 29.6 Å². The first kappa shape index (κ1) is 25.0. The van der Waals surface area contributed by atoms with Crippen molar-refractivity contribution >= 4 is 0 Å². The lowest BCUT2D eigenvalue weighted by Gasteiger charge is -2.31. The van der Waals surface area contributed by atoms with Gasteiger partial charge in [-0.25, -0.2) is 0 Å². The Morgan fingerprint density at radius 1 is 0.793 bits per heavy atom. The van der Waals surface area contributed by atoms with Crippen LogP contribution in [0.1, 0.15) is 143 Å². The highest BCUT2D eigenvalue weighted by Gasteiger charge is 2.23. The number of unbranched alkanes of at least 4 members (excludes halogenated alkanes) is 1. The van der Waals surface area contributed by atoms with Gasteiger partial charge in [-0.05, 0) is 55.3 Å². The van der Waals surface area contributed by atoms with Gasteiger partial charge >= 0.3 is 0 Å². The number of rotatable bonds is 14. The van der Waals surface area contributed by atoms with Crippen LogP contribution in [0.2, 0.25) is 0 Å². The summed E-state index contributed by atoms with van der Waals surface area (Å²) in [5.41, 5.74) is 1.49. The lowest BCUT2D eigenvalue weighted by molar-refractivity contribution is 0.216. The smallest absolute Gasteiger partial charge is 0.0300 e. The van der Waals surface area contributed by atoms with E-state index in [9.17, 15) is 0 Å². The highest BCUT2D eigenvalue weighted by Crippen LogP contribution is 2.37. The van der Waals surface area contributed by atoms with Crippen LogP contribution in [-0.4, -0.2) is 0 Å². The van der Waals surface area contributed by atoms with Gasteiger partial charge in [-0.2, -0.15) is 0 Å². The molecule has 0 amide bonds. The van der Waals surface area contributed by atoms with Crippen LogP contribution in [0.15, 0.2) is 12.2 Å². The van der Waals surface area contributed by atoms with E-state index in [0.717, 1.165) is 29.6 Å². The highest BCUT2D eigenvalue weighted by molar-refractivity contribution is 4.94. The Morgan fingerprint density at radius 2 is 1.41 bits per heavy atom. The molecule has 0 aromatic heterocycles. The molecule has 2 saturated carbocycles. The highest BCUT2D eigenvalue weighted by atomic mass is 14.3. The zero-order chi connectivity index (χ0) is 20.9. The van der Waals surface area contributed by atoms with Crippen LogP contribution in [0.4, 0.5) is 0 Å². The maximum atomic E-state index is 4.29. The van der Waals surface area contributed by atoms with Gasteiger partial charge < -0.3 is 0 Å². The quantitative estimate of drug-likeness (QED) is 0.200. The summed E-state index contributed by atoms with van der Waals surface area (Å²) < 4.78 is 0. The van der Waals surface area contributed by atoms with E-state index in [1.807, 2.05) is 0 Å². The zero-order valence-electron chi connectivity index (χ0n) is 20.5. The van der Waals surface area contributed by atoms with Crippen molar-refractivity contribution in [3.63, 3.8) is 0 Å². The first-order chi connectivity index (χ1) is 14.1. The monoisotopic (exact) mass is 402 g/mol. The molecule has 2 aliphatic rings. The van der Waals surface area contributed by atoms with Gasteiger partial charge in [-0.1, -0.05) is 129 Å². The Morgan fingerprint density at radius 3 is 2.07 bits per heavy atom. The minimum Gasteiger partial charge on any atom is -0.0999 e. The van der Waals surface area contributed by atoms with Gasteiger partial charge in [0.2, 0.25) is 0 Å². The van der Waals surface area contributed by atoms with Crippen molar-refractivity contribution < 1.29 is 0 Å². The van der Waals surface area contributed by atoms with Gasteiger partial charge in [0.15, 0.2) is 0 Å². The van der Waals surface area contributed by atoms with Crippen LogP contribution >= 0.6 is 0 Å². The third kappa shape index (κ3) is 11.1. The Kier molecular flexibility index (Phi) is 12.7. The van der Waals surface area contributed by atoms with Crippen molar-refractivity contribution in [2.75, 3.05) is 0 Å². The number of allylic oxidation sites excluding steroid dienone is 1. The number of hydrogen-bond acceptors (Lipinski definition) is 0. The van der Waals surface area contributed by atoms with Gasteiger partial charge in [-0.3, -0.25) is 0 Å². The van der Waals surface area contributed by atoms with Crippen LogP contribution in [0.25, 0.3) is 0 Å². The van der Waals surface area contributed by atoms with Crippen LogP contribution < -0.4 is 0 Å². The van der Waals surface area contributed by atoms with Crippen LogP contribution in [0.5, 0.6) is 0 Å². The van der Waals surface area contributed by atoms with Crippen LogP contribution in [0, 0.1) is 29.6 Å². The van der Waals surface area contributed by atoms with Gasteiger partial charge in [0.1, 0.15) is 0 Å². The van der Waals surface area contributed by atoms with E-state index in [-0.39, 0.29) is 0 Å². The lowest BCUT2D eigenvalue weighted by Crippen LogP contribution is -2.17. The molecule has 0 aromatic rings. The lowest BCUT2D eigenvalue weighted by atomic mass is 9.75. The minimum absolute atomic E-state index is 0.775. The summed E-state index contributed by atoms with van der Waals surface area (Å²) >= 11 is 0. The largest absolute Gasteiger partial charge is 0.0999 e. The van der Waals surface area contributed by atoms with E-state index >= 15 is 0 Å². The molecular formula is C29H54. The molecule has 29 heavy (non-hydrogen) atoms. The first-order valence-corrected chi connectivity index (χ1v) is 13.7. The van der Waals surface area contributed by atoms with Gasteiger partial charge in [0.05, 0.1) is 0 Å². The molecule has 0 spiro atoms. The van der Waals surface area contributed by atoms with E-state index < -0.39 is 0 Å². The van der Waals surface area contributed by atoms with Crippen molar-refractivity contribution in [2.45, 2.75) is 143 Å². The Bertz CT molecular complexity index is 406. The van der Waals surface area contributed by atoms with Crippen molar-refractivity contribution in [3.05, 3.63) is 12.2 Å². The average Bonchev–Trinajstić information content (AvgIpc) is 2.71. The molecule has 0 heterocycles. The van der Waals surface area contributed by atoms with E-state index in [1.54, 1.807) is 0 Å². The van der Waals surface area contributed by atoms with E-state index in [0.29, 0.717) is 0 Å². The molecule has 0 saturated heterocycles. The third-order valence-corrected chi connectivity index (χ3v) is 8.25. The SMILES string of the molecule is C=C(CCCC1CCC(CC(CC)CCCCC2CCCCC2)CC1)CC(C)C. The molecular weight excluding hydrogens is 348 g/mol. The Labute approximate surface area is 184 Å². The second-order valence-electron chi connectivity index (χ2n) is 11.4. The molecule has 2 aliphatic carbocycles. The fraction of sp³-hybridized carbons (Fsp3) is 0.931. The first-order valence-electron chi connectivity index (χ1n) is 13.7. The minimum atomic E-state index is 0.775. The van der Waals surface area contributed by atoms with E-state index in [1.165, 1.54) is 128 Å². The molecule has 2 rings (SSSR count). The van der Waals surface area contributed by atoms with Gasteiger partial charge in [0.25, 0.3) is 0 Å². The van der Waals surface area contributed by atoms with Crippen molar-refractivity contribution in [3.8, 4) is 0 Å². The molecule has 0 nitrogen and oxygen atoms in total. The zero-order valence-corrected chi connectivity index (χ0v) is 20.5. The normalized spacial score (nSPS) is 24.7. The molecule has 0 bridgehead atoms. The summed E-state index contributed by atoms with van der Waals surface area (Å²) in [6.07, 6.45) is 28.0. The molecule has 0 heteroatoms.